The molecule has 2 aromatic rings. The van der Waals surface area contributed by atoms with Crippen LogP contribution in [0.2, 0.25) is 0 Å². The van der Waals surface area contributed by atoms with Gasteiger partial charge in [0.1, 0.15) is 10.1 Å². The molecule has 0 saturated carbocycles. The summed E-state index contributed by atoms with van der Waals surface area (Å²) >= 11 is 1.02. The van der Waals surface area contributed by atoms with Crippen LogP contribution in [0.1, 0.15) is 5.69 Å². The molecule has 0 bridgehead atoms. The normalized spacial score (nSPS) is 11.0. The van der Waals surface area contributed by atoms with Crippen molar-refractivity contribution >= 4 is 28.0 Å². The zero-order valence-electron chi connectivity index (χ0n) is 12.1. The van der Waals surface area contributed by atoms with E-state index in [1.54, 1.807) is 19.2 Å². The van der Waals surface area contributed by atoms with Crippen LogP contribution in [0.5, 0.6) is 0 Å². The third-order valence-corrected chi connectivity index (χ3v) is 3.50. The second-order valence-corrected chi connectivity index (χ2v) is 5.80. The van der Waals surface area contributed by atoms with Gasteiger partial charge in [-0.15, -0.1) is 9.32 Å². The van der Waals surface area contributed by atoms with Crippen LogP contribution in [-0.2, 0) is 19.4 Å². The molecule has 0 aliphatic heterocycles. The van der Waals surface area contributed by atoms with Crippen molar-refractivity contribution < 1.29 is 73.7 Å². The average molecular weight is 369 g/mol. The molecular weight excluding hydrogens is 357 g/mol. The molecule has 11 heteroatoms. The number of hydrogen-bond donors (Lipinski definition) is 1. The van der Waals surface area contributed by atoms with Crippen molar-refractivity contribution in [2.45, 2.75) is 11.8 Å². The summed E-state index contributed by atoms with van der Waals surface area (Å²) in [4.78, 5) is 4.43. The Labute approximate surface area is 174 Å². The number of nitrogens with zero attached hydrogens (tertiary/aromatic N) is 2. The first-order chi connectivity index (χ1) is 9.91. The maximum Gasteiger partial charge on any atom is 1.00 e. The van der Waals surface area contributed by atoms with E-state index < -0.39 is 10.1 Å². The summed E-state index contributed by atoms with van der Waals surface area (Å²) in [6, 6.07) is 7.09. The van der Waals surface area contributed by atoms with Crippen LogP contribution < -0.4 is 56.9 Å². The Bertz CT molecular complexity index is 718. The van der Waals surface area contributed by atoms with Crippen LogP contribution in [0.3, 0.4) is 0 Å². The third kappa shape index (κ3) is 5.30. The van der Waals surface area contributed by atoms with E-state index in [0.29, 0.717) is 17.2 Å². The van der Waals surface area contributed by atoms with Crippen molar-refractivity contribution in [1.82, 2.24) is 9.78 Å². The summed E-state index contributed by atoms with van der Waals surface area (Å²) in [6.45, 7) is 1.79. The summed E-state index contributed by atoms with van der Waals surface area (Å²) in [5, 5.41) is 4.24. The molecule has 0 unspecified atom stereocenters. The van der Waals surface area contributed by atoms with Crippen molar-refractivity contribution in [3.63, 3.8) is 0 Å². The Morgan fingerprint density at radius 3 is 2.50 bits per heavy atom. The molecule has 0 saturated heterocycles. The van der Waals surface area contributed by atoms with Crippen LogP contribution in [-0.4, -0.2) is 29.0 Å². The van der Waals surface area contributed by atoms with E-state index in [2.05, 4.69) is 14.9 Å². The first kappa shape index (κ1) is 20.1. The van der Waals surface area contributed by atoms with Crippen LogP contribution in [0, 0.1) is 6.92 Å². The van der Waals surface area contributed by atoms with Crippen molar-refractivity contribution in [2.24, 2.45) is 0 Å². The zero-order chi connectivity index (χ0) is 15.5. The van der Waals surface area contributed by atoms with Gasteiger partial charge in [0.25, 0.3) is 0 Å². The van der Waals surface area contributed by atoms with Crippen molar-refractivity contribution in [2.75, 3.05) is 11.7 Å². The second kappa shape index (κ2) is 8.77. The van der Waals surface area contributed by atoms with Gasteiger partial charge in [-0.25, -0.2) is 18.6 Å². The molecule has 0 spiro atoms. The zero-order valence-corrected chi connectivity index (χ0v) is 16.9. The van der Waals surface area contributed by atoms with Crippen LogP contribution in [0.25, 0.3) is 5.69 Å². The largest absolute Gasteiger partial charge is 1.00 e. The molecule has 2 rings (SSSR count). The van der Waals surface area contributed by atoms with Gasteiger partial charge in [0.15, 0.2) is 5.82 Å². The fourth-order valence-corrected chi connectivity index (χ4v) is 2.19. The molecule has 1 N–H and O–H groups in total. The van der Waals surface area contributed by atoms with Crippen LogP contribution in [0.4, 0.5) is 5.82 Å². The van der Waals surface area contributed by atoms with Gasteiger partial charge in [0.05, 0.1) is 16.3 Å². The van der Waals surface area contributed by atoms with Crippen LogP contribution >= 0.6 is 12.0 Å². The van der Waals surface area contributed by atoms with Crippen molar-refractivity contribution in [3.8, 4) is 5.69 Å². The van der Waals surface area contributed by atoms with Gasteiger partial charge >= 0.3 is 51.4 Å². The van der Waals surface area contributed by atoms with E-state index in [9.17, 15) is 13.0 Å². The summed E-state index contributed by atoms with van der Waals surface area (Å²) in [7, 11) is -4.47. The van der Waals surface area contributed by atoms with Crippen molar-refractivity contribution in [1.29, 1.82) is 0 Å². The molecule has 0 radical (unpaired) electrons. The first-order valence-electron chi connectivity index (χ1n) is 5.67. The predicted octanol–water partition coefficient (Wildman–Crippen LogP) is -1.36. The Morgan fingerprint density at radius 1 is 1.32 bits per heavy atom. The number of anilines is 1. The number of rotatable bonds is 6. The Hall–Kier alpha value is 0.0464. The smallest absolute Gasteiger partial charge is 0.744 e. The summed E-state index contributed by atoms with van der Waals surface area (Å²) in [5.74, 6) is 0.485. The molecule has 0 aliphatic carbocycles. The molecule has 0 amide bonds. The molecule has 1 aromatic carbocycles. The number of aromatic nitrogens is 2. The van der Waals surface area contributed by atoms with Gasteiger partial charge in [-0.05, 0) is 31.2 Å². The quantitative estimate of drug-likeness (QED) is 0.166. The van der Waals surface area contributed by atoms with Gasteiger partial charge in [0.2, 0.25) is 0 Å². The number of benzene rings is 1. The van der Waals surface area contributed by atoms with Gasteiger partial charge in [0, 0.05) is 24.4 Å². The molecule has 1 heterocycles. The minimum absolute atomic E-state index is 0. The predicted molar refractivity (Wildman–Crippen MR) is 75.6 cm³/mol. The average Bonchev–Trinajstić information content (AvgIpc) is 2.79. The standard InChI is InChI=1S/C11H13N3O5S2.K/c1-8-7-11(13-18-19-20-2)14(12-8)9-3-5-10(6-4-9)21(15,16)17;/h3-7,13H,1-2H3,(H,15,16,17);/q;+1/p-1. The van der Waals surface area contributed by atoms with E-state index in [1.807, 2.05) is 0 Å². The Morgan fingerprint density at radius 2 is 1.95 bits per heavy atom. The third-order valence-electron chi connectivity index (χ3n) is 2.45. The summed E-state index contributed by atoms with van der Waals surface area (Å²) in [5.41, 5.74) is 3.83. The second-order valence-electron chi connectivity index (χ2n) is 3.95. The Kier molecular flexibility index (Phi) is 8.01. The minimum atomic E-state index is -4.47. The molecule has 22 heavy (non-hydrogen) atoms. The first-order valence-corrected chi connectivity index (χ1v) is 8.23. The van der Waals surface area contributed by atoms with E-state index >= 15 is 0 Å². The van der Waals surface area contributed by atoms with Crippen LogP contribution in [0.15, 0.2) is 35.2 Å². The molecule has 0 atom stereocenters. The number of hydrogen-bond acceptors (Lipinski definition) is 8. The molecule has 0 fully saturated rings. The maximum atomic E-state index is 10.9. The van der Waals surface area contributed by atoms with Crippen molar-refractivity contribution in [3.05, 3.63) is 36.0 Å². The van der Waals surface area contributed by atoms with Gasteiger partial charge in [-0.2, -0.15) is 5.10 Å². The SMILES string of the molecule is CSOONc1cc(C)nn1-c1ccc(S(=O)(=O)[O-])cc1.[K+]. The fourth-order valence-electron chi connectivity index (χ4n) is 1.62. The maximum absolute atomic E-state index is 10.9. The summed E-state index contributed by atoms with van der Waals surface area (Å²) in [6.07, 6.45) is 1.69. The monoisotopic (exact) mass is 369 g/mol. The molecular formula is C11H12KN3O5S2. The molecule has 0 aliphatic rings. The Balaban J connectivity index is 0.00000242. The number of nitrogens with one attached hydrogen (secondary N) is 1. The van der Waals surface area contributed by atoms with Gasteiger partial charge in [-0.3, -0.25) is 0 Å². The topological polar surface area (TPSA) is 106 Å². The minimum Gasteiger partial charge on any atom is -0.744 e. The molecule has 8 nitrogen and oxygen atoms in total. The van der Waals surface area contributed by atoms with E-state index in [1.165, 1.54) is 28.9 Å². The summed E-state index contributed by atoms with van der Waals surface area (Å²) < 4.78 is 38.8. The van der Waals surface area contributed by atoms with Gasteiger partial charge in [-0.1, -0.05) is 0 Å². The molecule has 114 valence electrons. The van der Waals surface area contributed by atoms with E-state index in [-0.39, 0.29) is 56.3 Å². The van der Waals surface area contributed by atoms with E-state index in [4.69, 9.17) is 4.99 Å². The number of aryl methyl sites for hydroxylation is 1. The van der Waals surface area contributed by atoms with E-state index in [0.717, 1.165) is 12.0 Å². The van der Waals surface area contributed by atoms with Gasteiger partial charge < -0.3 is 4.55 Å². The fraction of sp³-hybridized carbons (Fsp3) is 0.182. The molecule has 1 aromatic heterocycles.